The molecule has 1 fully saturated rings. The van der Waals surface area contributed by atoms with Gasteiger partial charge < -0.3 is 14.4 Å². The van der Waals surface area contributed by atoms with E-state index in [-0.39, 0.29) is 35.1 Å². The quantitative estimate of drug-likeness (QED) is 0.436. The molecule has 1 saturated heterocycles. The number of piperidine rings is 1. The van der Waals surface area contributed by atoms with Crippen molar-refractivity contribution in [2.24, 2.45) is 5.92 Å². The highest BCUT2D eigenvalue weighted by atomic mass is 32.2. The molecular weight excluding hydrogens is 462 g/mol. The van der Waals surface area contributed by atoms with Gasteiger partial charge in [-0.15, -0.1) is 0 Å². The molecule has 2 aromatic rings. The lowest BCUT2D eigenvalue weighted by Gasteiger charge is -2.33. The zero-order chi connectivity index (χ0) is 25.1. The Kier molecular flexibility index (Phi) is 7.44. The first kappa shape index (κ1) is 25.4. The number of nitro groups is 1. The first-order valence-corrected chi connectivity index (χ1v) is 12.8. The number of nitrogens with zero attached hydrogens (tertiary/aromatic N) is 3. The standard InChI is InChI=1S/C23H29N3O7S/c1-23(2,3)33-22(27)25-11-9-16(10-12-25)15-32-21-20(26(28)29)13-18(14-24-21)17-5-7-19(8-6-17)34(4,30)31/h5-8,13-14,16H,9-12,15H2,1-4H3. The Morgan fingerprint density at radius 1 is 1.18 bits per heavy atom. The second kappa shape index (κ2) is 9.96. The topological polar surface area (TPSA) is 129 Å². The highest BCUT2D eigenvalue weighted by Gasteiger charge is 2.28. The van der Waals surface area contributed by atoms with E-state index < -0.39 is 20.4 Å². The van der Waals surface area contributed by atoms with E-state index in [4.69, 9.17) is 9.47 Å². The van der Waals surface area contributed by atoms with E-state index in [2.05, 4.69) is 4.98 Å². The third kappa shape index (κ3) is 6.66. The second-order valence-electron chi connectivity index (χ2n) is 9.32. The zero-order valence-electron chi connectivity index (χ0n) is 19.7. The molecule has 0 aliphatic carbocycles. The Bertz CT molecular complexity index is 1150. The van der Waals surface area contributed by atoms with Crippen LogP contribution in [0.25, 0.3) is 11.1 Å². The fourth-order valence-electron chi connectivity index (χ4n) is 3.54. The third-order valence-corrected chi connectivity index (χ3v) is 6.50. The molecule has 1 aromatic carbocycles. The highest BCUT2D eigenvalue weighted by molar-refractivity contribution is 7.90. The number of ether oxygens (including phenoxy) is 2. The Hall–Kier alpha value is -3.21. The fraction of sp³-hybridized carbons (Fsp3) is 0.478. The van der Waals surface area contributed by atoms with Crippen LogP contribution in [0.3, 0.4) is 0 Å². The van der Waals surface area contributed by atoms with Gasteiger partial charge in [0, 0.05) is 37.2 Å². The van der Waals surface area contributed by atoms with E-state index in [1.165, 1.54) is 24.4 Å². The predicted molar refractivity (Wildman–Crippen MR) is 125 cm³/mol. The van der Waals surface area contributed by atoms with Crippen LogP contribution >= 0.6 is 0 Å². The van der Waals surface area contributed by atoms with Crippen molar-refractivity contribution in [2.75, 3.05) is 26.0 Å². The molecule has 0 radical (unpaired) electrons. The Labute approximate surface area is 199 Å². The van der Waals surface area contributed by atoms with Crippen molar-refractivity contribution in [3.63, 3.8) is 0 Å². The molecule has 0 spiro atoms. The fourth-order valence-corrected chi connectivity index (χ4v) is 4.17. The summed E-state index contributed by atoms with van der Waals surface area (Å²) in [5, 5.41) is 11.6. The maximum atomic E-state index is 12.2. The molecule has 0 atom stereocenters. The summed E-state index contributed by atoms with van der Waals surface area (Å²) in [6, 6.07) is 7.42. The van der Waals surface area contributed by atoms with Gasteiger partial charge in [-0.1, -0.05) is 12.1 Å². The van der Waals surface area contributed by atoms with Crippen LogP contribution in [0.4, 0.5) is 10.5 Å². The summed E-state index contributed by atoms with van der Waals surface area (Å²) in [6.45, 7) is 6.77. The average Bonchev–Trinajstić information content (AvgIpc) is 2.76. The molecule has 10 nitrogen and oxygen atoms in total. The van der Waals surface area contributed by atoms with Crippen molar-refractivity contribution >= 4 is 21.6 Å². The molecular formula is C23H29N3O7S. The van der Waals surface area contributed by atoms with Crippen LogP contribution in [0.1, 0.15) is 33.6 Å². The maximum absolute atomic E-state index is 12.2. The molecule has 34 heavy (non-hydrogen) atoms. The lowest BCUT2D eigenvalue weighted by Crippen LogP contribution is -2.42. The molecule has 1 amide bonds. The minimum atomic E-state index is -3.34. The lowest BCUT2D eigenvalue weighted by atomic mass is 9.98. The van der Waals surface area contributed by atoms with Crippen molar-refractivity contribution in [3.8, 4) is 17.0 Å². The molecule has 184 valence electrons. The van der Waals surface area contributed by atoms with Crippen LogP contribution in [0, 0.1) is 16.0 Å². The van der Waals surface area contributed by atoms with Crippen molar-refractivity contribution in [3.05, 3.63) is 46.6 Å². The summed E-state index contributed by atoms with van der Waals surface area (Å²) in [5.74, 6) is 0.0550. The van der Waals surface area contributed by atoms with Gasteiger partial charge in [0.25, 0.3) is 5.88 Å². The van der Waals surface area contributed by atoms with Crippen molar-refractivity contribution in [1.29, 1.82) is 0 Å². The van der Waals surface area contributed by atoms with Gasteiger partial charge in [0.1, 0.15) is 5.60 Å². The minimum absolute atomic E-state index is 0.0731. The summed E-state index contributed by atoms with van der Waals surface area (Å²) in [7, 11) is -3.34. The normalized spacial score (nSPS) is 15.1. The third-order valence-electron chi connectivity index (χ3n) is 5.37. The largest absolute Gasteiger partial charge is 0.473 e. The van der Waals surface area contributed by atoms with Crippen LogP contribution in [-0.4, -0.2) is 60.9 Å². The maximum Gasteiger partial charge on any atom is 0.410 e. The molecule has 0 saturated carbocycles. The van der Waals surface area contributed by atoms with Gasteiger partial charge in [-0.2, -0.15) is 0 Å². The van der Waals surface area contributed by atoms with Gasteiger partial charge in [-0.25, -0.2) is 18.2 Å². The molecule has 3 rings (SSSR count). The van der Waals surface area contributed by atoms with Gasteiger partial charge in [0.05, 0.1) is 16.4 Å². The van der Waals surface area contributed by atoms with E-state index in [1.54, 1.807) is 17.0 Å². The molecule has 0 unspecified atom stereocenters. The van der Waals surface area contributed by atoms with Gasteiger partial charge in [-0.05, 0) is 57.2 Å². The van der Waals surface area contributed by atoms with Crippen molar-refractivity contribution in [1.82, 2.24) is 9.88 Å². The molecule has 0 N–H and O–H groups in total. The number of hydrogen-bond donors (Lipinski definition) is 0. The van der Waals surface area contributed by atoms with E-state index >= 15 is 0 Å². The lowest BCUT2D eigenvalue weighted by molar-refractivity contribution is -0.386. The average molecular weight is 492 g/mol. The van der Waals surface area contributed by atoms with Gasteiger partial charge in [0.2, 0.25) is 0 Å². The van der Waals surface area contributed by atoms with Crippen LogP contribution in [0.15, 0.2) is 41.4 Å². The molecule has 0 bridgehead atoms. The predicted octanol–water partition coefficient (Wildman–Crippen LogP) is 4.09. The molecule has 1 aliphatic heterocycles. The smallest absolute Gasteiger partial charge is 0.410 e. The summed E-state index contributed by atoms with van der Waals surface area (Å²) in [6.07, 6.45) is 3.62. The van der Waals surface area contributed by atoms with E-state index in [0.717, 1.165) is 6.26 Å². The summed E-state index contributed by atoms with van der Waals surface area (Å²) < 4.78 is 34.4. The van der Waals surface area contributed by atoms with Crippen LogP contribution < -0.4 is 4.74 Å². The number of benzene rings is 1. The molecule has 1 aromatic heterocycles. The Morgan fingerprint density at radius 3 is 2.32 bits per heavy atom. The summed E-state index contributed by atoms with van der Waals surface area (Å²) in [5.41, 5.74) is 0.258. The van der Waals surface area contributed by atoms with Crippen LogP contribution in [0.2, 0.25) is 0 Å². The van der Waals surface area contributed by atoms with Gasteiger partial charge in [0.15, 0.2) is 9.84 Å². The molecule has 2 heterocycles. The first-order valence-electron chi connectivity index (χ1n) is 10.9. The van der Waals surface area contributed by atoms with Crippen LogP contribution in [-0.2, 0) is 14.6 Å². The van der Waals surface area contributed by atoms with Crippen LogP contribution in [0.5, 0.6) is 5.88 Å². The number of rotatable bonds is 6. The van der Waals surface area contributed by atoms with E-state index in [1.807, 2.05) is 20.8 Å². The molecule has 1 aliphatic rings. The van der Waals surface area contributed by atoms with Gasteiger partial charge >= 0.3 is 11.8 Å². The number of likely N-dealkylation sites (tertiary alicyclic amines) is 1. The number of sulfone groups is 1. The number of carbonyl (C=O) groups is 1. The summed E-state index contributed by atoms with van der Waals surface area (Å²) >= 11 is 0. The van der Waals surface area contributed by atoms with E-state index in [0.29, 0.717) is 37.1 Å². The Balaban J connectivity index is 1.64. The molecule has 11 heteroatoms. The van der Waals surface area contributed by atoms with E-state index in [9.17, 15) is 23.3 Å². The van der Waals surface area contributed by atoms with Gasteiger partial charge in [-0.3, -0.25) is 10.1 Å². The van der Waals surface area contributed by atoms with Crippen molar-refractivity contribution in [2.45, 2.75) is 44.1 Å². The second-order valence-corrected chi connectivity index (χ2v) is 11.3. The Morgan fingerprint density at radius 2 is 1.79 bits per heavy atom. The number of hydrogen-bond acceptors (Lipinski definition) is 8. The number of amides is 1. The van der Waals surface area contributed by atoms with Crippen molar-refractivity contribution < 1.29 is 27.6 Å². The summed E-state index contributed by atoms with van der Waals surface area (Å²) in [4.78, 5) is 29.2. The zero-order valence-corrected chi connectivity index (χ0v) is 20.5. The monoisotopic (exact) mass is 491 g/mol. The number of pyridine rings is 1. The number of aromatic nitrogens is 1. The highest BCUT2D eigenvalue weighted by Crippen LogP contribution is 2.31. The first-order chi connectivity index (χ1) is 15.8. The SMILES string of the molecule is CC(C)(C)OC(=O)N1CCC(COc2ncc(-c3ccc(S(C)(=O)=O)cc3)cc2[N+](=O)[O-])CC1. The number of carbonyl (C=O) groups excluding carboxylic acids is 1. The minimum Gasteiger partial charge on any atom is -0.473 e.